The second-order valence-electron chi connectivity index (χ2n) is 3.97. The van der Waals surface area contributed by atoms with E-state index in [-0.39, 0.29) is 10.6 Å². The van der Waals surface area contributed by atoms with Crippen molar-refractivity contribution >= 4 is 29.4 Å². The summed E-state index contributed by atoms with van der Waals surface area (Å²) in [6, 6.07) is 3.44. The van der Waals surface area contributed by atoms with Gasteiger partial charge in [-0.3, -0.25) is 9.59 Å². The van der Waals surface area contributed by atoms with Crippen molar-refractivity contribution < 1.29 is 19.5 Å². The smallest absolute Gasteiger partial charge is 0.326 e. The van der Waals surface area contributed by atoms with Gasteiger partial charge in [-0.05, 0) is 18.6 Å². The van der Waals surface area contributed by atoms with Crippen LogP contribution in [0.2, 0.25) is 5.02 Å². The molecule has 0 saturated carbocycles. The number of hydrogen-bond acceptors (Lipinski definition) is 3. The summed E-state index contributed by atoms with van der Waals surface area (Å²) in [6.45, 7) is 1.72. The van der Waals surface area contributed by atoms with Crippen molar-refractivity contribution in [2.24, 2.45) is 5.73 Å². The lowest BCUT2D eigenvalue weighted by molar-refractivity contribution is -0.140. The zero-order valence-corrected chi connectivity index (χ0v) is 10.9. The van der Waals surface area contributed by atoms with E-state index >= 15 is 0 Å². The molecule has 0 saturated heterocycles. The van der Waals surface area contributed by atoms with Crippen LogP contribution in [-0.2, 0) is 9.59 Å². The number of aryl methyl sites for hydroxylation is 1. The number of primary amides is 1. The van der Waals surface area contributed by atoms with E-state index in [2.05, 4.69) is 5.32 Å². The van der Waals surface area contributed by atoms with Crippen LogP contribution in [0.5, 0.6) is 0 Å². The first-order chi connectivity index (χ1) is 8.82. The van der Waals surface area contributed by atoms with Crippen molar-refractivity contribution in [3.63, 3.8) is 0 Å². The predicted molar refractivity (Wildman–Crippen MR) is 68.9 cm³/mol. The first kappa shape index (κ1) is 15.0. The Kier molecular flexibility index (Phi) is 4.88. The fourth-order valence-electron chi connectivity index (χ4n) is 1.46. The fourth-order valence-corrected chi connectivity index (χ4v) is 1.67. The maximum Gasteiger partial charge on any atom is 0.326 e. The molecule has 102 valence electrons. The Hall–Kier alpha value is -2.08. The van der Waals surface area contributed by atoms with E-state index in [0.29, 0.717) is 5.56 Å². The van der Waals surface area contributed by atoms with Gasteiger partial charge in [0.05, 0.1) is 17.0 Å². The number of carbonyl (C=O) groups is 3. The molecule has 6 nitrogen and oxygen atoms in total. The van der Waals surface area contributed by atoms with Crippen LogP contribution in [0, 0.1) is 6.92 Å². The number of carboxylic acids is 1. The van der Waals surface area contributed by atoms with Crippen LogP contribution in [0.25, 0.3) is 0 Å². The summed E-state index contributed by atoms with van der Waals surface area (Å²) < 4.78 is 0. The molecular weight excluding hydrogens is 272 g/mol. The maximum absolute atomic E-state index is 11.9. The van der Waals surface area contributed by atoms with Crippen LogP contribution < -0.4 is 11.1 Å². The molecule has 1 aromatic rings. The number of nitrogens with one attached hydrogen (secondary N) is 1. The third-order valence-electron chi connectivity index (χ3n) is 2.45. The second kappa shape index (κ2) is 6.19. The van der Waals surface area contributed by atoms with Crippen molar-refractivity contribution in [1.82, 2.24) is 5.32 Å². The van der Waals surface area contributed by atoms with Gasteiger partial charge < -0.3 is 16.2 Å². The Labute approximate surface area is 114 Å². The third-order valence-corrected chi connectivity index (χ3v) is 2.95. The van der Waals surface area contributed by atoms with Crippen LogP contribution in [0.4, 0.5) is 0 Å². The normalized spacial score (nSPS) is 11.7. The van der Waals surface area contributed by atoms with E-state index in [4.69, 9.17) is 22.4 Å². The maximum atomic E-state index is 11.9. The first-order valence-electron chi connectivity index (χ1n) is 5.40. The number of aliphatic carboxylic acids is 1. The van der Waals surface area contributed by atoms with Crippen molar-refractivity contribution in [1.29, 1.82) is 0 Å². The molecule has 0 aliphatic heterocycles. The van der Waals surface area contributed by atoms with Gasteiger partial charge in [0, 0.05) is 0 Å². The highest BCUT2D eigenvalue weighted by Gasteiger charge is 2.23. The Morgan fingerprint density at radius 2 is 2.05 bits per heavy atom. The molecule has 1 atom stereocenters. The van der Waals surface area contributed by atoms with Crippen LogP contribution in [-0.4, -0.2) is 28.9 Å². The van der Waals surface area contributed by atoms with E-state index in [1.54, 1.807) is 19.1 Å². The molecule has 2 amide bonds. The van der Waals surface area contributed by atoms with Gasteiger partial charge in [0.1, 0.15) is 6.04 Å². The highest BCUT2D eigenvalue weighted by Crippen LogP contribution is 2.20. The van der Waals surface area contributed by atoms with Gasteiger partial charge in [-0.2, -0.15) is 0 Å². The molecule has 0 aromatic heterocycles. The molecule has 0 aliphatic carbocycles. The van der Waals surface area contributed by atoms with E-state index in [1.165, 1.54) is 6.07 Å². The molecule has 7 heteroatoms. The summed E-state index contributed by atoms with van der Waals surface area (Å²) >= 11 is 5.96. The Balaban J connectivity index is 2.91. The molecule has 1 unspecified atom stereocenters. The standard InChI is InChI=1S/C12H13ClN2O4/c1-6-3-2-4-7(10(6)13)11(17)15-8(12(18)19)5-9(14)16/h2-4,8H,5H2,1H3,(H2,14,16)(H,15,17)(H,18,19). The summed E-state index contributed by atoms with van der Waals surface area (Å²) in [5.41, 5.74) is 5.76. The number of nitrogens with two attached hydrogens (primary N) is 1. The number of carbonyl (C=O) groups excluding carboxylic acids is 2. The molecule has 4 N–H and O–H groups in total. The van der Waals surface area contributed by atoms with Gasteiger partial charge in [0.25, 0.3) is 5.91 Å². The Bertz CT molecular complexity index is 530. The van der Waals surface area contributed by atoms with Crippen molar-refractivity contribution in [3.8, 4) is 0 Å². The van der Waals surface area contributed by atoms with Crippen molar-refractivity contribution in [2.75, 3.05) is 0 Å². The van der Waals surface area contributed by atoms with Crippen molar-refractivity contribution in [2.45, 2.75) is 19.4 Å². The number of halogens is 1. The largest absolute Gasteiger partial charge is 0.480 e. The van der Waals surface area contributed by atoms with Crippen LogP contribution >= 0.6 is 11.6 Å². The number of benzene rings is 1. The molecule has 1 rings (SSSR count). The highest BCUT2D eigenvalue weighted by atomic mass is 35.5. The second-order valence-corrected chi connectivity index (χ2v) is 4.35. The summed E-state index contributed by atoms with van der Waals surface area (Å²) in [4.78, 5) is 33.5. The quantitative estimate of drug-likeness (QED) is 0.739. The number of rotatable bonds is 5. The lowest BCUT2D eigenvalue weighted by atomic mass is 10.1. The lowest BCUT2D eigenvalue weighted by Crippen LogP contribution is -2.43. The molecule has 0 spiro atoms. The van der Waals surface area contributed by atoms with Gasteiger partial charge in [-0.15, -0.1) is 0 Å². The number of carboxylic acid groups (broad SMARTS) is 1. The Morgan fingerprint density at radius 1 is 1.42 bits per heavy atom. The van der Waals surface area contributed by atoms with Gasteiger partial charge in [-0.1, -0.05) is 23.7 Å². The summed E-state index contributed by atoms with van der Waals surface area (Å²) in [5.74, 6) is -2.82. The summed E-state index contributed by atoms with van der Waals surface area (Å²) in [6.07, 6.45) is -0.482. The van der Waals surface area contributed by atoms with E-state index in [0.717, 1.165) is 0 Å². The van der Waals surface area contributed by atoms with Crippen LogP contribution in [0.1, 0.15) is 22.3 Å². The summed E-state index contributed by atoms with van der Waals surface area (Å²) in [7, 11) is 0. The molecule has 0 radical (unpaired) electrons. The van der Waals surface area contributed by atoms with Crippen molar-refractivity contribution in [3.05, 3.63) is 34.3 Å². The number of amides is 2. The molecule has 0 bridgehead atoms. The minimum atomic E-state index is -1.37. The SMILES string of the molecule is Cc1cccc(C(=O)NC(CC(N)=O)C(=O)O)c1Cl. The average molecular weight is 285 g/mol. The van der Waals surface area contributed by atoms with E-state index in [9.17, 15) is 14.4 Å². The van der Waals surface area contributed by atoms with E-state index < -0.39 is 30.2 Å². The van der Waals surface area contributed by atoms with Gasteiger partial charge in [0.2, 0.25) is 5.91 Å². The highest BCUT2D eigenvalue weighted by molar-refractivity contribution is 6.34. The van der Waals surface area contributed by atoms with Gasteiger partial charge in [-0.25, -0.2) is 4.79 Å². The molecule has 1 aromatic carbocycles. The molecule has 0 aliphatic rings. The predicted octanol–water partition coefficient (Wildman–Crippen LogP) is 0.707. The zero-order valence-electron chi connectivity index (χ0n) is 10.1. The molecule has 19 heavy (non-hydrogen) atoms. The van der Waals surface area contributed by atoms with Gasteiger partial charge in [0.15, 0.2) is 0 Å². The monoisotopic (exact) mass is 284 g/mol. The lowest BCUT2D eigenvalue weighted by Gasteiger charge is -2.14. The third kappa shape index (κ3) is 3.96. The average Bonchev–Trinajstić information content (AvgIpc) is 2.31. The minimum absolute atomic E-state index is 0.150. The van der Waals surface area contributed by atoms with Gasteiger partial charge >= 0.3 is 5.97 Å². The Morgan fingerprint density at radius 3 is 2.58 bits per heavy atom. The topological polar surface area (TPSA) is 109 Å². The van der Waals surface area contributed by atoms with Crippen LogP contribution in [0.3, 0.4) is 0 Å². The van der Waals surface area contributed by atoms with Crippen LogP contribution in [0.15, 0.2) is 18.2 Å². The minimum Gasteiger partial charge on any atom is -0.480 e. The molecule has 0 heterocycles. The zero-order chi connectivity index (χ0) is 14.6. The molecular formula is C12H13ClN2O4. The summed E-state index contributed by atoms with van der Waals surface area (Å²) in [5, 5.41) is 11.3. The van der Waals surface area contributed by atoms with E-state index in [1.807, 2.05) is 0 Å². The molecule has 0 fully saturated rings. The number of hydrogen-bond donors (Lipinski definition) is 3. The first-order valence-corrected chi connectivity index (χ1v) is 5.77. The fraction of sp³-hybridized carbons (Fsp3) is 0.250.